The molecule has 0 aliphatic carbocycles. The first-order valence-corrected chi connectivity index (χ1v) is 8.23. The van der Waals surface area contributed by atoms with Crippen LogP contribution in [0.3, 0.4) is 0 Å². The molecule has 2 aromatic rings. The van der Waals surface area contributed by atoms with Gasteiger partial charge in [0.2, 0.25) is 0 Å². The lowest BCUT2D eigenvalue weighted by Crippen LogP contribution is -2.44. The largest absolute Gasteiger partial charge is 0.399 e. The molecule has 24 heavy (non-hydrogen) atoms. The number of nitrogen functional groups attached to an aromatic ring is 1. The normalized spacial score (nSPS) is 16.0. The molecule has 1 heterocycles. The molecule has 0 atom stereocenters. The predicted molar refractivity (Wildman–Crippen MR) is 93.0 cm³/mol. The summed E-state index contributed by atoms with van der Waals surface area (Å²) >= 11 is 0. The number of amides is 1. The summed E-state index contributed by atoms with van der Waals surface area (Å²) in [4.78, 5) is 14.6. The molecule has 1 fully saturated rings. The maximum absolute atomic E-state index is 12.9. The van der Waals surface area contributed by atoms with Gasteiger partial charge in [0.05, 0.1) is 0 Å². The first-order chi connectivity index (χ1) is 11.6. The summed E-state index contributed by atoms with van der Waals surface area (Å²) in [6, 6.07) is 13.8. The molecule has 1 aliphatic heterocycles. The van der Waals surface area contributed by atoms with E-state index in [-0.39, 0.29) is 17.8 Å². The number of anilines is 1. The van der Waals surface area contributed by atoms with Gasteiger partial charge in [-0.3, -0.25) is 9.69 Å². The third kappa shape index (κ3) is 4.32. The van der Waals surface area contributed by atoms with Crippen LogP contribution in [0.5, 0.6) is 0 Å². The SMILES string of the molecule is Nc1cccc(C(=O)NC2CCN(Cc3ccc(F)cc3)CC2)c1. The third-order valence-corrected chi connectivity index (χ3v) is 4.39. The monoisotopic (exact) mass is 327 g/mol. The quantitative estimate of drug-likeness (QED) is 0.849. The molecule has 1 aliphatic rings. The molecule has 2 aromatic carbocycles. The molecular formula is C19H22FN3O. The van der Waals surface area contributed by atoms with Gasteiger partial charge in [-0.1, -0.05) is 18.2 Å². The highest BCUT2D eigenvalue weighted by atomic mass is 19.1. The van der Waals surface area contributed by atoms with Crippen molar-refractivity contribution in [2.45, 2.75) is 25.4 Å². The van der Waals surface area contributed by atoms with Gasteiger partial charge in [0.1, 0.15) is 5.82 Å². The Hall–Kier alpha value is -2.40. The minimum Gasteiger partial charge on any atom is -0.399 e. The van der Waals surface area contributed by atoms with Gasteiger partial charge in [-0.05, 0) is 48.7 Å². The van der Waals surface area contributed by atoms with Crippen LogP contribution in [0.15, 0.2) is 48.5 Å². The average molecular weight is 327 g/mol. The number of benzene rings is 2. The van der Waals surface area contributed by atoms with Crippen molar-refractivity contribution >= 4 is 11.6 Å². The van der Waals surface area contributed by atoms with Gasteiger partial charge in [-0.2, -0.15) is 0 Å². The van der Waals surface area contributed by atoms with Crippen LogP contribution in [0, 0.1) is 5.82 Å². The molecule has 0 radical (unpaired) electrons. The van der Waals surface area contributed by atoms with Crippen LogP contribution in [0.1, 0.15) is 28.8 Å². The van der Waals surface area contributed by atoms with Gasteiger partial charge in [0.15, 0.2) is 0 Å². The fourth-order valence-corrected chi connectivity index (χ4v) is 3.03. The number of nitrogens with zero attached hydrogens (tertiary/aromatic N) is 1. The number of carbonyl (C=O) groups excluding carboxylic acids is 1. The van der Waals surface area contributed by atoms with Crippen LogP contribution >= 0.6 is 0 Å². The zero-order valence-electron chi connectivity index (χ0n) is 13.5. The number of halogens is 1. The number of rotatable bonds is 4. The van der Waals surface area contributed by atoms with Crippen LogP contribution in [0.25, 0.3) is 0 Å². The van der Waals surface area contributed by atoms with E-state index in [4.69, 9.17) is 5.73 Å². The van der Waals surface area contributed by atoms with Crippen LogP contribution in [0.2, 0.25) is 0 Å². The first kappa shape index (κ1) is 16.5. The second kappa shape index (κ2) is 7.45. The van der Waals surface area contributed by atoms with Crippen LogP contribution in [0.4, 0.5) is 10.1 Å². The summed E-state index contributed by atoms with van der Waals surface area (Å²) in [5.74, 6) is -0.277. The highest BCUT2D eigenvalue weighted by Crippen LogP contribution is 2.15. The van der Waals surface area contributed by atoms with Crippen molar-refractivity contribution in [2.24, 2.45) is 0 Å². The van der Waals surface area contributed by atoms with E-state index in [0.717, 1.165) is 38.0 Å². The molecule has 1 saturated heterocycles. The van der Waals surface area contributed by atoms with Crippen LogP contribution in [-0.2, 0) is 6.54 Å². The van der Waals surface area contributed by atoms with Gasteiger partial charge in [0, 0.05) is 36.9 Å². The number of nitrogens with one attached hydrogen (secondary N) is 1. The highest BCUT2D eigenvalue weighted by Gasteiger charge is 2.21. The van der Waals surface area contributed by atoms with Crippen molar-refractivity contribution in [3.05, 3.63) is 65.5 Å². The van der Waals surface area contributed by atoms with Gasteiger partial charge < -0.3 is 11.1 Å². The second-order valence-corrected chi connectivity index (χ2v) is 6.28. The van der Waals surface area contributed by atoms with Gasteiger partial charge in [-0.25, -0.2) is 4.39 Å². The predicted octanol–water partition coefficient (Wildman–Crippen LogP) is 2.80. The minimum atomic E-state index is -0.207. The summed E-state index contributed by atoms with van der Waals surface area (Å²) in [5, 5.41) is 3.08. The topological polar surface area (TPSA) is 58.4 Å². The molecule has 0 aromatic heterocycles. The Kier molecular flexibility index (Phi) is 5.11. The van der Waals surface area contributed by atoms with E-state index in [2.05, 4.69) is 10.2 Å². The molecule has 3 rings (SSSR count). The van der Waals surface area contributed by atoms with Crippen molar-refractivity contribution in [1.82, 2.24) is 10.2 Å². The number of carbonyl (C=O) groups is 1. The molecule has 0 saturated carbocycles. The van der Waals surface area contributed by atoms with E-state index in [1.807, 2.05) is 12.1 Å². The number of nitrogens with two attached hydrogens (primary N) is 1. The van der Waals surface area contributed by atoms with E-state index in [0.29, 0.717) is 11.3 Å². The Labute approximate surface area is 141 Å². The van der Waals surface area contributed by atoms with Crippen molar-refractivity contribution in [3.8, 4) is 0 Å². The summed E-state index contributed by atoms with van der Waals surface area (Å²) in [6.45, 7) is 2.65. The number of hydrogen-bond donors (Lipinski definition) is 2. The molecule has 3 N–H and O–H groups in total. The lowest BCUT2D eigenvalue weighted by molar-refractivity contribution is 0.0909. The molecular weight excluding hydrogens is 305 g/mol. The maximum atomic E-state index is 12.9. The first-order valence-electron chi connectivity index (χ1n) is 8.23. The molecule has 0 spiro atoms. The zero-order valence-corrected chi connectivity index (χ0v) is 13.5. The van der Waals surface area contributed by atoms with E-state index in [1.165, 1.54) is 12.1 Å². The van der Waals surface area contributed by atoms with E-state index in [1.54, 1.807) is 24.3 Å². The van der Waals surface area contributed by atoms with Crippen LogP contribution < -0.4 is 11.1 Å². The fourth-order valence-electron chi connectivity index (χ4n) is 3.03. The van der Waals surface area contributed by atoms with Gasteiger partial charge in [0.25, 0.3) is 5.91 Å². The second-order valence-electron chi connectivity index (χ2n) is 6.28. The third-order valence-electron chi connectivity index (χ3n) is 4.39. The lowest BCUT2D eigenvalue weighted by Gasteiger charge is -2.32. The summed E-state index contributed by atoms with van der Waals surface area (Å²) in [6.07, 6.45) is 1.82. The molecule has 4 nitrogen and oxygen atoms in total. The summed E-state index contributed by atoms with van der Waals surface area (Å²) in [5.41, 5.74) is 8.03. The van der Waals surface area contributed by atoms with Crippen molar-refractivity contribution in [3.63, 3.8) is 0 Å². The Balaban J connectivity index is 1.48. The Morgan fingerprint density at radius 3 is 2.54 bits per heavy atom. The molecule has 0 unspecified atom stereocenters. The van der Waals surface area contributed by atoms with Crippen molar-refractivity contribution < 1.29 is 9.18 Å². The standard InChI is InChI=1S/C19H22FN3O/c20-16-6-4-14(5-7-16)13-23-10-8-18(9-11-23)22-19(24)15-2-1-3-17(21)12-15/h1-7,12,18H,8-11,13,21H2,(H,22,24). The average Bonchev–Trinajstić information content (AvgIpc) is 2.59. The molecule has 0 bridgehead atoms. The van der Waals surface area contributed by atoms with Crippen molar-refractivity contribution in [2.75, 3.05) is 18.8 Å². The smallest absolute Gasteiger partial charge is 0.251 e. The van der Waals surface area contributed by atoms with Crippen LogP contribution in [-0.4, -0.2) is 29.9 Å². The number of piperidine rings is 1. The fraction of sp³-hybridized carbons (Fsp3) is 0.316. The zero-order chi connectivity index (χ0) is 16.9. The van der Waals surface area contributed by atoms with Gasteiger partial charge >= 0.3 is 0 Å². The number of likely N-dealkylation sites (tertiary alicyclic amines) is 1. The molecule has 126 valence electrons. The molecule has 1 amide bonds. The van der Waals surface area contributed by atoms with Crippen molar-refractivity contribution in [1.29, 1.82) is 0 Å². The number of hydrogen-bond acceptors (Lipinski definition) is 3. The maximum Gasteiger partial charge on any atom is 0.251 e. The Bertz CT molecular complexity index is 694. The van der Waals surface area contributed by atoms with E-state index >= 15 is 0 Å². The lowest BCUT2D eigenvalue weighted by atomic mass is 10.0. The van der Waals surface area contributed by atoms with E-state index in [9.17, 15) is 9.18 Å². The Morgan fingerprint density at radius 2 is 1.88 bits per heavy atom. The minimum absolute atomic E-state index is 0.0701. The van der Waals surface area contributed by atoms with E-state index < -0.39 is 0 Å². The molecule has 5 heteroatoms. The Morgan fingerprint density at radius 1 is 1.17 bits per heavy atom. The summed E-state index contributed by atoms with van der Waals surface area (Å²) in [7, 11) is 0. The highest BCUT2D eigenvalue weighted by molar-refractivity contribution is 5.95. The van der Waals surface area contributed by atoms with Gasteiger partial charge in [-0.15, -0.1) is 0 Å². The summed E-state index contributed by atoms with van der Waals surface area (Å²) < 4.78 is 12.9.